The molecule has 0 radical (unpaired) electrons. The highest BCUT2D eigenvalue weighted by atomic mass is 19.2. The predicted molar refractivity (Wildman–Crippen MR) is 76.0 cm³/mol. The second kappa shape index (κ2) is 5.98. The van der Waals surface area contributed by atoms with E-state index in [-0.39, 0.29) is 5.92 Å². The molecule has 3 rings (SSSR count). The molecule has 1 aromatic carbocycles. The molecule has 4 nitrogen and oxygen atoms in total. The highest BCUT2D eigenvalue weighted by Crippen LogP contribution is 2.40. The maximum Gasteiger partial charge on any atom is 0.254 e. The lowest BCUT2D eigenvalue weighted by Crippen LogP contribution is -2.32. The third-order valence-electron chi connectivity index (χ3n) is 3.73. The van der Waals surface area contributed by atoms with E-state index < -0.39 is 35.0 Å². The molecule has 0 spiro atoms. The van der Waals surface area contributed by atoms with Crippen LogP contribution in [0.4, 0.5) is 13.2 Å². The molecule has 1 fully saturated rings. The van der Waals surface area contributed by atoms with Gasteiger partial charge in [0.1, 0.15) is 5.82 Å². The first-order chi connectivity index (χ1) is 11.0. The zero-order chi connectivity index (χ0) is 16.6. The number of nitrogens with zero attached hydrogens (tertiary/aromatic N) is 2. The van der Waals surface area contributed by atoms with Crippen LogP contribution in [-0.4, -0.2) is 15.9 Å². The summed E-state index contributed by atoms with van der Waals surface area (Å²) in [6.45, 7) is 1.80. The Bertz CT molecular complexity index is 762. The van der Waals surface area contributed by atoms with E-state index in [1.165, 1.54) is 0 Å². The predicted octanol–water partition coefficient (Wildman–Crippen LogP) is 3.08. The number of carbonyl (C=O) groups is 1. The van der Waals surface area contributed by atoms with E-state index in [0.717, 1.165) is 18.5 Å². The molecule has 1 saturated carbocycles. The van der Waals surface area contributed by atoms with E-state index in [4.69, 9.17) is 0 Å². The Hall–Kier alpha value is -2.44. The van der Waals surface area contributed by atoms with Crippen LogP contribution < -0.4 is 5.32 Å². The fourth-order valence-corrected chi connectivity index (χ4v) is 2.36. The number of hydrogen-bond acceptors (Lipinski definition) is 3. The van der Waals surface area contributed by atoms with Gasteiger partial charge in [-0.15, -0.1) is 0 Å². The van der Waals surface area contributed by atoms with Crippen LogP contribution in [0.5, 0.6) is 0 Å². The minimum atomic E-state index is -1.33. The quantitative estimate of drug-likeness (QED) is 0.881. The second-order valence-electron chi connectivity index (χ2n) is 5.59. The molecule has 1 atom stereocenters. The number of halogens is 3. The zero-order valence-corrected chi connectivity index (χ0v) is 12.3. The molecule has 1 N–H and O–H groups in total. The Balaban J connectivity index is 1.86. The molecule has 0 bridgehead atoms. The number of aryl methyl sites for hydroxylation is 1. The number of nitrogens with one attached hydrogen (secondary N) is 1. The van der Waals surface area contributed by atoms with E-state index in [9.17, 15) is 18.0 Å². The van der Waals surface area contributed by atoms with Gasteiger partial charge in [0.25, 0.3) is 5.91 Å². The van der Waals surface area contributed by atoms with Crippen LogP contribution in [0, 0.1) is 30.3 Å². The van der Waals surface area contributed by atoms with Crippen LogP contribution in [0.3, 0.4) is 0 Å². The Morgan fingerprint density at radius 3 is 2.57 bits per heavy atom. The summed E-state index contributed by atoms with van der Waals surface area (Å²) in [6, 6.07) is 2.17. The minimum absolute atomic E-state index is 0.161. The van der Waals surface area contributed by atoms with Crippen molar-refractivity contribution in [2.45, 2.75) is 25.8 Å². The Kier molecular flexibility index (Phi) is 4.02. The van der Waals surface area contributed by atoms with Crippen LogP contribution in [0.25, 0.3) is 0 Å². The standard InChI is InChI=1S/C16H14F3N3O/c1-8-4-5-20-15(21-8)14(9-2-3-9)22-16(23)10-6-12(18)13(19)7-11(10)17/h4-7,9,14H,2-3H2,1H3,(H,22,23)/t14-/m0/s1. The molecular formula is C16H14F3N3O. The van der Waals surface area contributed by atoms with Gasteiger partial charge in [0.15, 0.2) is 17.5 Å². The molecular weight excluding hydrogens is 307 g/mol. The van der Waals surface area contributed by atoms with Crippen LogP contribution in [0.2, 0.25) is 0 Å². The van der Waals surface area contributed by atoms with E-state index in [2.05, 4.69) is 15.3 Å². The molecule has 120 valence electrons. The van der Waals surface area contributed by atoms with Crippen molar-refractivity contribution >= 4 is 5.91 Å². The zero-order valence-electron chi connectivity index (χ0n) is 12.3. The average molecular weight is 321 g/mol. The summed E-state index contributed by atoms with van der Waals surface area (Å²) in [6.07, 6.45) is 3.36. The van der Waals surface area contributed by atoms with Gasteiger partial charge in [-0.1, -0.05) is 0 Å². The Morgan fingerprint density at radius 2 is 1.91 bits per heavy atom. The summed E-state index contributed by atoms with van der Waals surface area (Å²) in [7, 11) is 0. The SMILES string of the molecule is Cc1ccnc([C@@H](NC(=O)c2cc(F)c(F)cc2F)C2CC2)n1. The van der Waals surface area contributed by atoms with Crippen molar-refractivity contribution in [1.82, 2.24) is 15.3 Å². The third kappa shape index (κ3) is 3.33. The Labute approximate surface area is 130 Å². The fourth-order valence-electron chi connectivity index (χ4n) is 2.36. The van der Waals surface area contributed by atoms with Crippen molar-refractivity contribution in [3.05, 3.63) is 58.9 Å². The van der Waals surface area contributed by atoms with Gasteiger partial charge in [-0.05, 0) is 37.8 Å². The molecule has 23 heavy (non-hydrogen) atoms. The van der Waals surface area contributed by atoms with E-state index in [1.807, 2.05) is 0 Å². The minimum Gasteiger partial charge on any atom is -0.342 e. The summed E-state index contributed by atoms with van der Waals surface area (Å²) in [5.74, 6) is -3.94. The van der Waals surface area contributed by atoms with Crippen LogP contribution >= 0.6 is 0 Å². The van der Waals surface area contributed by atoms with Crippen LogP contribution in [0.1, 0.15) is 40.8 Å². The number of carbonyl (C=O) groups excluding carboxylic acids is 1. The first-order valence-electron chi connectivity index (χ1n) is 7.20. The highest BCUT2D eigenvalue weighted by molar-refractivity contribution is 5.94. The highest BCUT2D eigenvalue weighted by Gasteiger charge is 2.36. The molecule has 1 aliphatic carbocycles. The molecule has 1 aliphatic rings. The van der Waals surface area contributed by atoms with Crippen LogP contribution in [0.15, 0.2) is 24.4 Å². The summed E-state index contributed by atoms with van der Waals surface area (Å²) >= 11 is 0. The van der Waals surface area contributed by atoms with E-state index >= 15 is 0 Å². The largest absolute Gasteiger partial charge is 0.342 e. The van der Waals surface area contributed by atoms with Crippen molar-refractivity contribution in [1.29, 1.82) is 0 Å². The number of rotatable bonds is 4. The number of hydrogen-bond donors (Lipinski definition) is 1. The first kappa shape index (κ1) is 15.5. The van der Waals surface area contributed by atoms with Crippen LogP contribution in [-0.2, 0) is 0 Å². The summed E-state index contributed by atoms with van der Waals surface area (Å²) in [5, 5.41) is 2.63. The monoisotopic (exact) mass is 321 g/mol. The summed E-state index contributed by atoms with van der Waals surface area (Å²) in [4.78, 5) is 20.7. The smallest absolute Gasteiger partial charge is 0.254 e. The lowest BCUT2D eigenvalue weighted by Gasteiger charge is -2.17. The molecule has 0 aliphatic heterocycles. The third-order valence-corrected chi connectivity index (χ3v) is 3.73. The fraction of sp³-hybridized carbons (Fsp3) is 0.312. The van der Waals surface area contributed by atoms with Gasteiger partial charge < -0.3 is 5.32 Å². The van der Waals surface area contributed by atoms with Gasteiger partial charge in [0.2, 0.25) is 0 Å². The number of benzene rings is 1. The van der Waals surface area contributed by atoms with Gasteiger partial charge in [-0.3, -0.25) is 4.79 Å². The summed E-state index contributed by atoms with van der Waals surface area (Å²) < 4.78 is 39.9. The average Bonchev–Trinajstić information content (AvgIpc) is 3.33. The Morgan fingerprint density at radius 1 is 1.22 bits per heavy atom. The molecule has 0 unspecified atom stereocenters. The molecule has 1 heterocycles. The number of amides is 1. The van der Waals surface area contributed by atoms with Gasteiger partial charge in [-0.25, -0.2) is 23.1 Å². The van der Waals surface area contributed by atoms with E-state index in [0.29, 0.717) is 18.0 Å². The van der Waals surface area contributed by atoms with Gasteiger partial charge in [0, 0.05) is 18.0 Å². The topological polar surface area (TPSA) is 54.9 Å². The molecule has 1 aromatic heterocycles. The van der Waals surface area contributed by atoms with Gasteiger partial charge in [-0.2, -0.15) is 0 Å². The van der Waals surface area contributed by atoms with Crippen molar-refractivity contribution in [2.24, 2.45) is 5.92 Å². The maximum absolute atomic E-state index is 13.7. The van der Waals surface area contributed by atoms with Gasteiger partial charge in [0.05, 0.1) is 11.6 Å². The van der Waals surface area contributed by atoms with Crippen molar-refractivity contribution in [2.75, 3.05) is 0 Å². The van der Waals surface area contributed by atoms with Gasteiger partial charge >= 0.3 is 0 Å². The molecule has 7 heteroatoms. The molecule has 0 saturated heterocycles. The normalized spacial score (nSPS) is 15.3. The maximum atomic E-state index is 13.7. The van der Waals surface area contributed by atoms with Crippen molar-refractivity contribution < 1.29 is 18.0 Å². The van der Waals surface area contributed by atoms with Crippen molar-refractivity contribution in [3.63, 3.8) is 0 Å². The van der Waals surface area contributed by atoms with E-state index in [1.54, 1.807) is 19.2 Å². The number of aromatic nitrogens is 2. The lowest BCUT2D eigenvalue weighted by atomic mass is 10.1. The molecule has 2 aromatic rings. The summed E-state index contributed by atoms with van der Waals surface area (Å²) in [5.41, 5.74) is 0.205. The second-order valence-corrected chi connectivity index (χ2v) is 5.59. The lowest BCUT2D eigenvalue weighted by molar-refractivity contribution is 0.0924. The first-order valence-corrected chi connectivity index (χ1v) is 7.20. The van der Waals surface area contributed by atoms with Crippen molar-refractivity contribution in [3.8, 4) is 0 Å². The molecule has 1 amide bonds.